The Morgan fingerprint density at radius 2 is 1.82 bits per heavy atom. The van der Waals surface area contributed by atoms with Crippen molar-refractivity contribution < 1.29 is 4.79 Å². The van der Waals surface area contributed by atoms with Crippen molar-refractivity contribution in [2.45, 2.75) is 26.3 Å². The van der Waals surface area contributed by atoms with Gasteiger partial charge >= 0.3 is 0 Å². The summed E-state index contributed by atoms with van der Waals surface area (Å²) in [4.78, 5) is 11.9. The fourth-order valence-electron chi connectivity index (χ4n) is 1.58. The molecule has 0 spiro atoms. The van der Waals surface area contributed by atoms with Gasteiger partial charge in [-0.05, 0) is 31.5 Å². The third kappa shape index (κ3) is 5.71. The maximum absolute atomic E-state index is 11.9. The Kier molecular flexibility index (Phi) is 7.59. The second kappa shape index (κ2) is 8.09. The highest BCUT2D eigenvalue weighted by molar-refractivity contribution is 5.94. The van der Waals surface area contributed by atoms with Gasteiger partial charge in [-0.3, -0.25) is 4.79 Å². The molecule has 0 saturated carbocycles. The molecule has 1 aromatic carbocycles. The molecule has 0 aliphatic carbocycles. The molecule has 0 aromatic heterocycles. The Balaban J connectivity index is 0.00000256. The zero-order valence-electron chi connectivity index (χ0n) is 10.6. The first-order valence-electron chi connectivity index (χ1n) is 5.66. The maximum Gasteiger partial charge on any atom is 0.241 e. The van der Waals surface area contributed by atoms with Crippen LogP contribution in [0.3, 0.4) is 0 Å². The van der Waals surface area contributed by atoms with Gasteiger partial charge in [0, 0.05) is 5.69 Å². The Morgan fingerprint density at radius 1 is 1.24 bits per heavy atom. The molecule has 96 valence electrons. The van der Waals surface area contributed by atoms with E-state index in [1.54, 1.807) is 0 Å². The fraction of sp³-hybridized carbons (Fsp3) is 0.462. The van der Waals surface area contributed by atoms with Gasteiger partial charge in [0.05, 0.1) is 6.04 Å². The molecule has 0 unspecified atom stereocenters. The number of anilines is 1. The van der Waals surface area contributed by atoms with Crippen molar-refractivity contribution in [1.82, 2.24) is 5.32 Å². The van der Waals surface area contributed by atoms with Crippen LogP contribution in [0.2, 0.25) is 0 Å². The predicted octanol–water partition coefficient (Wildman–Crippen LogP) is 2.68. The van der Waals surface area contributed by atoms with E-state index in [9.17, 15) is 4.79 Å². The smallest absolute Gasteiger partial charge is 0.241 e. The topological polar surface area (TPSA) is 41.1 Å². The lowest BCUT2D eigenvalue weighted by Crippen LogP contribution is -2.39. The predicted molar refractivity (Wildman–Crippen MR) is 74.6 cm³/mol. The second-order valence-electron chi connectivity index (χ2n) is 4.33. The maximum atomic E-state index is 11.9. The van der Waals surface area contributed by atoms with Crippen LogP contribution in [-0.4, -0.2) is 19.0 Å². The van der Waals surface area contributed by atoms with Gasteiger partial charge in [0.25, 0.3) is 0 Å². The Morgan fingerprint density at radius 3 is 2.29 bits per heavy atom. The number of amides is 1. The van der Waals surface area contributed by atoms with Gasteiger partial charge in [0.15, 0.2) is 0 Å². The Hall–Kier alpha value is -1.06. The highest BCUT2D eigenvalue weighted by atomic mass is 35.5. The van der Waals surface area contributed by atoms with E-state index in [1.165, 1.54) is 0 Å². The Bertz CT molecular complexity index is 327. The number of likely N-dealkylation sites (N-methyl/N-ethyl adjacent to an activating group) is 1. The summed E-state index contributed by atoms with van der Waals surface area (Å²) in [7, 11) is 1.82. The van der Waals surface area contributed by atoms with Crippen LogP contribution in [0, 0.1) is 5.92 Å². The molecule has 0 fully saturated rings. The summed E-state index contributed by atoms with van der Waals surface area (Å²) in [5.41, 5.74) is 0.844. The lowest BCUT2D eigenvalue weighted by atomic mass is 10.0. The van der Waals surface area contributed by atoms with Gasteiger partial charge in [0.1, 0.15) is 0 Å². The largest absolute Gasteiger partial charge is 0.325 e. The van der Waals surface area contributed by atoms with Crippen molar-refractivity contribution in [3.8, 4) is 0 Å². The molecule has 1 atom stereocenters. The summed E-state index contributed by atoms with van der Waals surface area (Å²) in [5, 5.41) is 5.94. The highest BCUT2D eigenvalue weighted by Crippen LogP contribution is 2.09. The van der Waals surface area contributed by atoms with Crippen LogP contribution >= 0.6 is 12.4 Å². The molecular weight excluding hydrogens is 236 g/mol. The third-order valence-corrected chi connectivity index (χ3v) is 2.41. The molecule has 1 amide bonds. The van der Waals surface area contributed by atoms with Crippen molar-refractivity contribution in [2.24, 2.45) is 5.92 Å². The third-order valence-electron chi connectivity index (χ3n) is 2.41. The van der Waals surface area contributed by atoms with Crippen LogP contribution < -0.4 is 10.6 Å². The number of rotatable bonds is 5. The highest BCUT2D eigenvalue weighted by Gasteiger charge is 2.17. The van der Waals surface area contributed by atoms with Crippen LogP contribution in [-0.2, 0) is 4.79 Å². The van der Waals surface area contributed by atoms with Gasteiger partial charge in [-0.2, -0.15) is 0 Å². The SMILES string of the molecule is CN[C@H](CC(C)C)C(=O)Nc1ccccc1.Cl. The lowest BCUT2D eigenvalue weighted by molar-refractivity contribution is -0.118. The van der Waals surface area contributed by atoms with Gasteiger partial charge in [0.2, 0.25) is 5.91 Å². The van der Waals surface area contributed by atoms with E-state index < -0.39 is 0 Å². The molecule has 0 saturated heterocycles. The molecular formula is C13H21ClN2O. The zero-order chi connectivity index (χ0) is 12.0. The monoisotopic (exact) mass is 256 g/mol. The van der Waals surface area contributed by atoms with E-state index in [1.807, 2.05) is 37.4 Å². The number of carbonyl (C=O) groups excluding carboxylic acids is 1. The lowest BCUT2D eigenvalue weighted by Gasteiger charge is -2.17. The van der Waals surface area contributed by atoms with Gasteiger partial charge < -0.3 is 10.6 Å². The first kappa shape index (κ1) is 15.9. The van der Waals surface area contributed by atoms with Crippen LogP contribution in [0.4, 0.5) is 5.69 Å². The normalized spacial score (nSPS) is 11.8. The van der Waals surface area contributed by atoms with E-state index in [2.05, 4.69) is 24.5 Å². The minimum atomic E-state index is -0.125. The molecule has 0 bridgehead atoms. The first-order chi connectivity index (χ1) is 7.63. The number of para-hydroxylation sites is 1. The summed E-state index contributed by atoms with van der Waals surface area (Å²) < 4.78 is 0. The average molecular weight is 257 g/mol. The number of hydrogen-bond acceptors (Lipinski definition) is 2. The molecule has 17 heavy (non-hydrogen) atoms. The number of halogens is 1. The Labute approximate surface area is 109 Å². The second-order valence-corrected chi connectivity index (χ2v) is 4.33. The molecule has 1 aromatic rings. The zero-order valence-corrected chi connectivity index (χ0v) is 11.4. The molecule has 3 nitrogen and oxygen atoms in total. The number of carbonyl (C=O) groups is 1. The van der Waals surface area contributed by atoms with E-state index in [-0.39, 0.29) is 24.4 Å². The van der Waals surface area contributed by atoms with Gasteiger partial charge in [-0.25, -0.2) is 0 Å². The van der Waals surface area contributed by atoms with Crippen LogP contribution in [0.15, 0.2) is 30.3 Å². The van der Waals surface area contributed by atoms with Crippen molar-refractivity contribution in [2.75, 3.05) is 12.4 Å². The first-order valence-corrected chi connectivity index (χ1v) is 5.66. The molecule has 1 rings (SSSR count). The number of benzene rings is 1. The average Bonchev–Trinajstić information content (AvgIpc) is 2.26. The minimum absolute atomic E-state index is 0. The molecule has 0 heterocycles. The summed E-state index contributed by atoms with van der Waals surface area (Å²) in [6.45, 7) is 4.22. The number of hydrogen-bond donors (Lipinski definition) is 2. The molecule has 0 aliphatic heterocycles. The van der Waals surface area contributed by atoms with Crippen molar-refractivity contribution in [3.63, 3.8) is 0 Å². The van der Waals surface area contributed by atoms with Crippen LogP contribution in [0.1, 0.15) is 20.3 Å². The summed E-state index contributed by atoms with van der Waals surface area (Å²) in [6.07, 6.45) is 0.842. The van der Waals surface area contributed by atoms with Gasteiger partial charge in [-0.1, -0.05) is 32.0 Å². The van der Waals surface area contributed by atoms with Crippen molar-refractivity contribution in [3.05, 3.63) is 30.3 Å². The summed E-state index contributed by atoms with van der Waals surface area (Å²) in [6, 6.07) is 9.40. The minimum Gasteiger partial charge on any atom is -0.325 e. The quantitative estimate of drug-likeness (QED) is 0.851. The number of nitrogens with one attached hydrogen (secondary N) is 2. The van der Waals surface area contributed by atoms with E-state index in [0.29, 0.717) is 5.92 Å². The summed E-state index contributed by atoms with van der Waals surface area (Å²) >= 11 is 0. The molecule has 0 aliphatic rings. The van der Waals surface area contributed by atoms with E-state index >= 15 is 0 Å². The van der Waals surface area contributed by atoms with E-state index in [0.717, 1.165) is 12.1 Å². The van der Waals surface area contributed by atoms with E-state index in [4.69, 9.17) is 0 Å². The molecule has 4 heteroatoms. The molecule has 0 radical (unpaired) electrons. The fourth-order valence-corrected chi connectivity index (χ4v) is 1.58. The van der Waals surface area contributed by atoms with Gasteiger partial charge in [-0.15, -0.1) is 12.4 Å². The van der Waals surface area contributed by atoms with Crippen molar-refractivity contribution >= 4 is 24.0 Å². The molecule has 2 N–H and O–H groups in total. The van der Waals surface area contributed by atoms with Crippen molar-refractivity contribution in [1.29, 1.82) is 0 Å². The summed E-state index contributed by atoms with van der Waals surface area (Å²) in [5.74, 6) is 0.529. The standard InChI is InChI=1S/C13H20N2O.ClH/c1-10(2)9-12(14-3)13(16)15-11-7-5-4-6-8-11;/h4-8,10,12,14H,9H2,1-3H3,(H,15,16);1H/t12-;/m1./s1. The van der Waals surface area contributed by atoms with Crippen LogP contribution in [0.5, 0.6) is 0 Å². The van der Waals surface area contributed by atoms with Crippen LogP contribution in [0.25, 0.3) is 0 Å².